The summed E-state index contributed by atoms with van der Waals surface area (Å²) in [5.41, 5.74) is 5.90. The van der Waals surface area contributed by atoms with Crippen molar-refractivity contribution >= 4 is 11.6 Å². The summed E-state index contributed by atoms with van der Waals surface area (Å²) in [5, 5.41) is 7.14. The highest BCUT2D eigenvalue weighted by atomic mass is 19.3. The van der Waals surface area contributed by atoms with Crippen molar-refractivity contribution in [1.82, 2.24) is 29.9 Å². The van der Waals surface area contributed by atoms with Gasteiger partial charge in [0.25, 0.3) is 6.43 Å². The molecule has 0 radical (unpaired) electrons. The number of alkyl halides is 2. The minimum atomic E-state index is -2.80. The van der Waals surface area contributed by atoms with Gasteiger partial charge in [-0.05, 0) is 18.2 Å². The van der Waals surface area contributed by atoms with Crippen molar-refractivity contribution in [3.63, 3.8) is 0 Å². The van der Waals surface area contributed by atoms with Gasteiger partial charge in [0.05, 0.1) is 11.4 Å². The Hall–Kier alpha value is -3.05. The molecule has 2 unspecified atom stereocenters. The molecule has 1 saturated heterocycles. The first kappa shape index (κ1) is 17.4. The van der Waals surface area contributed by atoms with E-state index >= 15 is 0 Å². The van der Waals surface area contributed by atoms with Crippen LogP contribution in [-0.2, 0) is 9.53 Å². The lowest BCUT2D eigenvalue weighted by atomic mass is 10.1. The molecule has 0 spiro atoms. The molecule has 1 aliphatic rings. The molecule has 3 aromatic rings. The molecule has 2 atom stereocenters. The highest BCUT2D eigenvalue weighted by molar-refractivity contribution is 5.79. The number of imidazole rings is 1. The van der Waals surface area contributed by atoms with Crippen LogP contribution in [-0.4, -0.2) is 49.7 Å². The summed E-state index contributed by atoms with van der Waals surface area (Å²) in [7, 11) is 0. The molecule has 4 heterocycles. The molecule has 3 aromatic heterocycles. The first-order chi connectivity index (χ1) is 13.0. The van der Waals surface area contributed by atoms with E-state index in [4.69, 9.17) is 10.5 Å². The predicted octanol–water partition coefficient (Wildman–Crippen LogP) is 0.639. The van der Waals surface area contributed by atoms with E-state index in [1.165, 1.54) is 23.1 Å². The van der Waals surface area contributed by atoms with Crippen LogP contribution in [0.3, 0.4) is 0 Å². The number of carbonyl (C=O) groups excluding carboxylic acids is 1. The molecule has 27 heavy (non-hydrogen) atoms. The molecule has 1 fully saturated rings. The van der Waals surface area contributed by atoms with E-state index in [1.807, 2.05) is 0 Å². The molecule has 0 saturated carbocycles. The first-order valence-electron chi connectivity index (χ1n) is 8.14. The lowest BCUT2D eigenvalue weighted by molar-refractivity contribution is -0.136. The third-order valence-corrected chi connectivity index (χ3v) is 4.19. The van der Waals surface area contributed by atoms with Gasteiger partial charge in [-0.1, -0.05) is 0 Å². The van der Waals surface area contributed by atoms with Crippen LogP contribution in [0.2, 0.25) is 0 Å². The zero-order valence-corrected chi connectivity index (χ0v) is 13.9. The van der Waals surface area contributed by atoms with Crippen molar-refractivity contribution in [2.45, 2.75) is 18.6 Å². The normalized spacial score (nSPS) is 20.3. The Morgan fingerprint density at radius 2 is 2.22 bits per heavy atom. The number of nitrogens with zero attached hydrogens (tertiary/aromatic N) is 5. The number of ether oxygens (including phenoxy) is 1. The van der Waals surface area contributed by atoms with Crippen molar-refractivity contribution in [3.05, 3.63) is 42.1 Å². The van der Waals surface area contributed by atoms with E-state index in [2.05, 4.69) is 25.4 Å². The van der Waals surface area contributed by atoms with Crippen LogP contribution in [0.1, 0.15) is 23.9 Å². The topological polar surface area (TPSA) is 120 Å². The number of fused-ring (bicyclic) bond motifs is 1. The maximum atomic E-state index is 13.5. The van der Waals surface area contributed by atoms with Crippen LogP contribution < -0.4 is 11.1 Å². The fourth-order valence-corrected chi connectivity index (χ4v) is 2.96. The summed E-state index contributed by atoms with van der Waals surface area (Å²) in [6, 6.07) is 4.72. The van der Waals surface area contributed by atoms with E-state index in [9.17, 15) is 13.6 Å². The van der Waals surface area contributed by atoms with Gasteiger partial charge in [0.2, 0.25) is 5.91 Å². The lowest BCUT2D eigenvalue weighted by Gasteiger charge is -2.28. The molecule has 0 aromatic carbocycles. The Morgan fingerprint density at radius 3 is 3.00 bits per heavy atom. The summed E-state index contributed by atoms with van der Waals surface area (Å²) < 4.78 is 34.0. The van der Waals surface area contributed by atoms with Crippen molar-refractivity contribution < 1.29 is 18.3 Å². The zero-order chi connectivity index (χ0) is 19.0. The van der Waals surface area contributed by atoms with Gasteiger partial charge in [0.1, 0.15) is 29.9 Å². The summed E-state index contributed by atoms with van der Waals surface area (Å²) in [5.74, 6) is -0.590. The third-order valence-electron chi connectivity index (χ3n) is 4.19. The number of aromatic nitrogens is 5. The largest absolute Gasteiger partial charge is 0.367 e. The monoisotopic (exact) mass is 375 g/mol. The van der Waals surface area contributed by atoms with Gasteiger partial charge in [0, 0.05) is 19.3 Å². The van der Waals surface area contributed by atoms with E-state index in [1.54, 1.807) is 12.1 Å². The Morgan fingerprint density at radius 1 is 1.37 bits per heavy atom. The molecule has 1 aliphatic heterocycles. The number of nitrogens with one attached hydrogen (secondary N) is 1. The molecule has 1 amide bonds. The van der Waals surface area contributed by atoms with Gasteiger partial charge in [-0.2, -0.15) is 5.10 Å². The maximum Gasteiger partial charge on any atom is 0.282 e. The number of rotatable bonds is 4. The van der Waals surface area contributed by atoms with E-state index in [0.29, 0.717) is 18.8 Å². The predicted molar refractivity (Wildman–Crippen MR) is 88.6 cm³/mol. The van der Waals surface area contributed by atoms with Gasteiger partial charge in [0.15, 0.2) is 5.65 Å². The average Bonchev–Trinajstić information content (AvgIpc) is 3.08. The molecule has 140 valence electrons. The highest BCUT2D eigenvalue weighted by Gasteiger charge is 2.29. The number of nitrogens with two attached hydrogens (primary N) is 1. The van der Waals surface area contributed by atoms with E-state index < -0.39 is 30.2 Å². The molecular formula is C16H15F2N7O2. The van der Waals surface area contributed by atoms with Crippen LogP contribution in [0.15, 0.2) is 30.7 Å². The molecule has 11 heteroatoms. The van der Waals surface area contributed by atoms with Crippen molar-refractivity contribution in [2.24, 2.45) is 5.73 Å². The van der Waals surface area contributed by atoms with Crippen LogP contribution in [0.4, 0.5) is 8.78 Å². The standard InChI is InChI=1S/C16H15F2N7O2/c17-15(18)13-14(25-12(24-13)2-1-3-23-25)9-4-8(21-7-22-9)10-5-20-6-11(27-10)16(19)26/h1-4,7,10-11,15,20H,5-6H2,(H2,19,26). The minimum Gasteiger partial charge on any atom is -0.367 e. The van der Waals surface area contributed by atoms with Crippen LogP contribution >= 0.6 is 0 Å². The second kappa shape index (κ2) is 6.93. The van der Waals surface area contributed by atoms with E-state index in [0.717, 1.165) is 0 Å². The van der Waals surface area contributed by atoms with Crippen LogP contribution in [0, 0.1) is 0 Å². The molecule has 0 aliphatic carbocycles. The van der Waals surface area contributed by atoms with Crippen molar-refractivity contribution in [3.8, 4) is 11.4 Å². The quantitative estimate of drug-likeness (QED) is 0.686. The third kappa shape index (κ3) is 3.22. The summed E-state index contributed by atoms with van der Waals surface area (Å²) in [6.07, 6.45) is -1.44. The fraction of sp³-hybridized carbons (Fsp3) is 0.312. The Labute approximate surface area is 151 Å². The number of hydrogen-bond donors (Lipinski definition) is 2. The average molecular weight is 375 g/mol. The van der Waals surface area contributed by atoms with Crippen molar-refractivity contribution in [1.29, 1.82) is 0 Å². The summed E-state index contributed by atoms with van der Waals surface area (Å²) >= 11 is 0. The number of carbonyl (C=O) groups is 1. The molecule has 9 nitrogen and oxygen atoms in total. The van der Waals surface area contributed by atoms with Gasteiger partial charge < -0.3 is 15.8 Å². The second-order valence-corrected chi connectivity index (χ2v) is 5.94. The highest BCUT2D eigenvalue weighted by Crippen LogP contribution is 2.31. The van der Waals surface area contributed by atoms with E-state index in [-0.39, 0.29) is 17.0 Å². The first-order valence-corrected chi connectivity index (χ1v) is 8.14. The number of primary amides is 1. The molecular weight excluding hydrogens is 360 g/mol. The number of morpholine rings is 1. The minimum absolute atomic E-state index is 0.0828. The number of halogens is 2. The Kier molecular flexibility index (Phi) is 4.46. The maximum absolute atomic E-state index is 13.5. The van der Waals surface area contributed by atoms with Crippen molar-refractivity contribution in [2.75, 3.05) is 13.1 Å². The molecule has 0 bridgehead atoms. The smallest absolute Gasteiger partial charge is 0.282 e. The van der Waals surface area contributed by atoms with Gasteiger partial charge >= 0.3 is 0 Å². The lowest BCUT2D eigenvalue weighted by Crippen LogP contribution is -2.47. The molecule has 4 rings (SSSR count). The number of hydrogen-bond acceptors (Lipinski definition) is 7. The van der Waals surface area contributed by atoms with Gasteiger partial charge in [-0.15, -0.1) is 0 Å². The summed E-state index contributed by atoms with van der Waals surface area (Å²) in [6.45, 7) is 0.698. The second-order valence-electron chi connectivity index (χ2n) is 5.94. The molecule has 3 N–H and O–H groups in total. The fourth-order valence-electron chi connectivity index (χ4n) is 2.96. The Bertz CT molecular complexity index is 994. The Balaban J connectivity index is 1.76. The summed E-state index contributed by atoms with van der Waals surface area (Å²) in [4.78, 5) is 23.6. The van der Waals surface area contributed by atoms with Crippen LogP contribution in [0.5, 0.6) is 0 Å². The van der Waals surface area contributed by atoms with Gasteiger partial charge in [-0.25, -0.2) is 28.2 Å². The number of amides is 1. The zero-order valence-electron chi connectivity index (χ0n) is 13.9. The SMILES string of the molecule is NC(=O)C1CNCC(c2cc(-c3c(C(F)F)nc4cccnn34)ncn2)O1. The van der Waals surface area contributed by atoms with Gasteiger partial charge in [-0.3, -0.25) is 4.79 Å². The van der Waals surface area contributed by atoms with Crippen LogP contribution in [0.25, 0.3) is 17.0 Å².